The Kier molecular flexibility index (Phi) is 4.17. The van der Waals surface area contributed by atoms with Gasteiger partial charge in [0.15, 0.2) is 11.6 Å². The molecule has 0 atom stereocenters. The molecule has 1 aliphatic carbocycles. The molecule has 1 heterocycles. The molecule has 1 saturated heterocycles. The van der Waals surface area contributed by atoms with Crippen LogP contribution in [-0.2, 0) is 6.54 Å². The van der Waals surface area contributed by atoms with Gasteiger partial charge in [0.25, 0.3) is 0 Å². The second kappa shape index (κ2) is 6.06. The van der Waals surface area contributed by atoms with E-state index >= 15 is 0 Å². The number of piperazine rings is 1. The summed E-state index contributed by atoms with van der Waals surface area (Å²) in [6, 6.07) is 2.30. The van der Waals surface area contributed by atoms with Gasteiger partial charge in [0.05, 0.1) is 6.61 Å². The summed E-state index contributed by atoms with van der Waals surface area (Å²) < 4.78 is 33.0. The summed E-state index contributed by atoms with van der Waals surface area (Å²) in [6.45, 7) is 4.68. The fraction of sp³-hybridized carbons (Fsp3) is 0.600. The Bertz CT molecular complexity index is 471. The van der Waals surface area contributed by atoms with Crippen LogP contribution in [-0.4, -0.2) is 37.7 Å². The maximum Gasteiger partial charge on any atom is 0.168 e. The lowest BCUT2D eigenvalue weighted by molar-refractivity contribution is 0.223. The van der Waals surface area contributed by atoms with Crippen LogP contribution in [0.3, 0.4) is 0 Å². The van der Waals surface area contributed by atoms with E-state index in [0.29, 0.717) is 24.6 Å². The average Bonchev–Trinajstić information content (AvgIpc) is 3.23. The van der Waals surface area contributed by atoms with E-state index in [4.69, 9.17) is 4.74 Å². The van der Waals surface area contributed by atoms with Gasteiger partial charge in [0.1, 0.15) is 5.82 Å². The Morgan fingerprint density at radius 3 is 2.65 bits per heavy atom. The molecule has 1 saturated carbocycles. The quantitative estimate of drug-likeness (QED) is 0.895. The smallest absolute Gasteiger partial charge is 0.168 e. The highest BCUT2D eigenvalue weighted by atomic mass is 19.1. The molecule has 1 aromatic rings. The second-order valence-corrected chi connectivity index (χ2v) is 5.66. The first-order valence-electron chi connectivity index (χ1n) is 7.26. The molecule has 5 heteroatoms. The lowest BCUT2D eigenvalue weighted by atomic mass is 10.1. The molecule has 0 unspecified atom stereocenters. The summed E-state index contributed by atoms with van der Waals surface area (Å²) in [4.78, 5) is 2.19. The van der Waals surface area contributed by atoms with E-state index in [1.54, 1.807) is 0 Å². The third-order valence-corrected chi connectivity index (χ3v) is 3.85. The third-order valence-electron chi connectivity index (χ3n) is 3.85. The van der Waals surface area contributed by atoms with Crippen molar-refractivity contribution in [3.05, 3.63) is 29.3 Å². The SMILES string of the molecule is Fc1cc(F)c(OCC2CC2)c(CN2CCNCC2)c1. The molecule has 3 nitrogen and oxygen atoms in total. The largest absolute Gasteiger partial charge is 0.490 e. The number of halogens is 2. The Hall–Kier alpha value is -1.20. The first-order valence-corrected chi connectivity index (χ1v) is 7.26. The summed E-state index contributed by atoms with van der Waals surface area (Å²) in [5.41, 5.74) is 0.616. The van der Waals surface area contributed by atoms with Gasteiger partial charge in [-0.1, -0.05) is 0 Å². The van der Waals surface area contributed by atoms with Gasteiger partial charge < -0.3 is 10.1 Å². The Labute approximate surface area is 117 Å². The van der Waals surface area contributed by atoms with Crippen molar-refractivity contribution in [2.75, 3.05) is 32.8 Å². The minimum Gasteiger partial charge on any atom is -0.490 e. The molecule has 2 fully saturated rings. The van der Waals surface area contributed by atoms with Crippen molar-refractivity contribution in [1.29, 1.82) is 0 Å². The van der Waals surface area contributed by atoms with E-state index in [1.807, 2.05) is 0 Å². The van der Waals surface area contributed by atoms with Gasteiger partial charge in [-0.2, -0.15) is 0 Å². The zero-order valence-corrected chi connectivity index (χ0v) is 11.5. The van der Waals surface area contributed by atoms with Gasteiger partial charge in [-0.05, 0) is 24.8 Å². The number of nitrogens with one attached hydrogen (secondary N) is 1. The van der Waals surface area contributed by atoms with E-state index in [9.17, 15) is 8.78 Å². The number of hydrogen-bond acceptors (Lipinski definition) is 3. The molecule has 20 heavy (non-hydrogen) atoms. The average molecular weight is 282 g/mol. The van der Waals surface area contributed by atoms with Crippen LogP contribution in [0.1, 0.15) is 18.4 Å². The summed E-state index contributed by atoms with van der Waals surface area (Å²) >= 11 is 0. The molecule has 1 N–H and O–H groups in total. The predicted octanol–water partition coefficient (Wildman–Crippen LogP) is 2.16. The number of benzene rings is 1. The Balaban J connectivity index is 1.74. The minimum absolute atomic E-state index is 0.233. The molecule has 0 radical (unpaired) electrons. The maximum absolute atomic E-state index is 13.9. The topological polar surface area (TPSA) is 24.5 Å². The van der Waals surface area contributed by atoms with E-state index in [1.165, 1.54) is 6.07 Å². The molecular formula is C15H20F2N2O. The minimum atomic E-state index is -0.587. The Morgan fingerprint density at radius 1 is 1.20 bits per heavy atom. The highest BCUT2D eigenvalue weighted by Crippen LogP contribution is 2.32. The number of hydrogen-bond donors (Lipinski definition) is 1. The van der Waals surface area contributed by atoms with Crippen molar-refractivity contribution in [2.45, 2.75) is 19.4 Å². The molecule has 1 aliphatic heterocycles. The highest BCUT2D eigenvalue weighted by molar-refractivity contribution is 5.35. The molecule has 2 aliphatic rings. The second-order valence-electron chi connectivity index (χ2n) is 5.66. The summed E-state index contributed by atoms with van der Waals surface area (Å²) in [7, 11) is 0. The van der Waals surface area contributed by atoms with Gasteiger partial charge in [-0.3, -0.25) is 4.90 Å². The molecule has 3 rings (SSSR count). The molecule has 1 aromatic carbocycles. The summed E-state index contributed by atoms with van der Waals surface area (Å²) in [6.07, 6.45) is 2.30. The van der Waals surface area contributed by atoms with Crippen molar-refractivity contribution in [3.8, 4) is 5.75 Å². The van der Waals surface area contributed by atoms with Crippen molar-refractivity contribution < 1.29 is 13.5 Å². The molecule has 0 aromatic heterocycles. The van der Waals surface area contributed by atoms with Crippen LogP contribution in [0.25, 0.3) is 0 Å². The van der Waals surface area contributed by atoms with Crippen LogP contribution in [0, 0.1) is 17.6 Å². The molecule has 0 spiro atoms. The number of rotatable bonds is 5. The summed E-state index contributed by atoms with van der Waals surface area (Å²) in [5.74, 6) is -0.342. The standard InChI is InChI=1S/C15H20F2N2O/c16-13-7-12(9-19-5-3-18-4-6-19)15(14(17)8-13)20-10-11-1-2-11/h7-8,11,18H,1-6,9-10H2. The zero-order valence-electron chi connectivity index (χ0n) is 11.5. The van der Waals surface area contributed by atoms with Crippen molar-refractivity contribution >= 4 is 0 Å². The van der Waals surface area contributed by atoms with Crippen LogP contribution in [0.2, 0.25) is 0 Å². The third kappa shape index (κ3) is 3.46. The lowest BCUT2D eigenvalue weighted by Crippen LogP contribution is -2.43. The predicted molar refractivity (Wildman–Crippen MR) is 72.7 cm³/mol. The molecular weight excluding hydrogens is 262 g/mol. The van der Waals surface area contributed by atoms with E-state index in [0.717, 1.165) is 45.1 Å². The first-order chi connectivity index (χ1) is 9.72. The van der Waals surface area contributed by atoms with Crippen LogP contribution >= 0.6 is 0 Å². The van der Waals surface area contributed by atoms with Crippen LogP contribution in [0.5, 0.6) is 5.75 Å². The maximum atomic E-state index is 13.9. The lowest BCUT2D eigenvalue weighted by Gasteiger charge is -2.28. The van der Waals surface area contributed by atoms with Crippen LogP contribution in [0.4, 0.5) is 8.78 Å². The Morgan fingerprint density at radius 2 is 1.95 bits per heavy atom. The fourth-order valence-electron chi connectivity index (χ4n) is 2.49. The first kappa shape index (κ1) is 13.8. The van der Waals surface area contributed by atoms with E-state index in [-0.39, 0.29) is 5.75 Å². The van der Waals surface area contributed by atoms with Gasteiger partial charge in [-0.25, -0.2) is 8.78 Å². The number of nitrogens with zero attached hydrogens (tertiary/aromatic N) is 1. The number of ether oxygens (including phenoxy) is 1. The van der Waals surface area contributed by atoms with Crippen LogP contribution in [0.15, 0.2) is 12.1 Å². The highest BCUT2D eigenvalue weighted by Gasteiger charge is 2.24. The monoisotopic (exact) mass is 282 g/mol. The van der Waals surface area contributed by atoms with Gasteiger partial charge in [0, 0.05) is 44.4 Å². The molecule has 0 amide bonds. The van der Waals surface area contributed by atoms with Crippen molar-refractivity contribution in [3.63, 3.8) is 0 Å². The van der Waals surface area contributed by atoms with E-state index < -0.39 is 11.6 Å². The van der Waals surface area contributed by atoms with Crippen LogP contribution < -0.4 is 10.1 Å². The molecule has 110 valence electrons. The van der Waals surface area contributed by atoms with E-state index in [2.05, 4.69) is 10.2 Å². The van der Waals surface area contributed by atoms with Crippen molar-refractivity contribution in [2.24, 2.45) is 5.92 Å². The fourth-order valence-corrected chi connectivity index (χ4v) is 2.49. The zero-order chi connectivity index (χ0) is 13.9. The van der Waals surface area contributed by atoms with Gasteiger partial charge in [0.2, 0.25) is 0 Å². The molecule has 0 bridgehead atoms. The van der Waals surface area contributed by atoms with Crippen molar-refractivity contribution in [1.82, 2.24) is 10.2 Å². The summed E-state index contributed by atoms with van der Waals surface area (Å²) in [5, 5.41) is 3.27. The van der Waals surface area contributed by atoms with Gasteiger partial charge in [-0.15, -0.1) is 0 Å². The normalized spacial score (nSPS) is 20.1. The van der Waals surface area contributed by atoms with Gasteiger partial charge >= 0.3 is 0 Å².